The summed E-state index contributed by atoms with van der Waals surface area (Å²) in [6, 6.07) is 18.3. The van der Waals surface area contributed by atoms with Crippen LogP contribution in [0.5, 0.6) is 0 Å². The molecule has 4 aromatic rings. The lowest BCUT2D eigenvalue weighted by Gasteiger charge is -2.18. The van der Waals surface area contributed by atoms with Crippen molar-refractivity contribution >= 4 is 22.8 Å². The molecule has 1 heterocycles. The first-order valence-corrected chi connectivity index (χ1v) is 12.3. The van der Waals surface area contributed by atoms with E-state index >= 15 is 0 Å². The second-order valence-electron chi connectivity index (χ2n) is 8.56. The van der Waals surface area contributed by atoms with Gasteiger partial charge in [0, 0.05) is 0 Å². The summed E-state index contributed by atoms with van der Waals surface area (Å²) >= 11 is 1.31. The van der Waals surface area contributed by atoms with Crippen LogP contribution >= 0.6 is 11.7 Å². The van der Waals surface area contributed by atoms with Gasteiger partial charge in [0.05, 0.1) is 11.7 Å². The molecule has 0 N–H and O–H groups in total. The zero-order valence-corrected chi connectivity index (χ0v) is 20.0. The minimum absolute atomic E-state index is 1.04. The summed E-state index contributed by atoms with van der Waals surface area (Å²) in [4.78, 5) is 0. The number of benzene rings is 3. The molecule has 31 heavy (non-hydrogen) atoms. The van der Waals surface area contributed by atoms with Gasteiger partial charge in [-0.05, 0) is 84.0 Å². The van der Waals surface area contributed by atoms with Crippen molar-refractivity contribution < 1.29 is 0 Å². The number of fused-ring (bicyclic) bond motifs is 1. The summed E-state index contributed by atoms with van der Waals surface area (Å²) in [7, 11) is 0. The van der Waals surface area contributed by atoms with Crippen LogP contribution in [0.15, 0.2) is 48.5 Å². The molecule has 0 saturated carbocycles. The van der Waals surface area contributed by atoms with Gasteiger partial charge >= 0.3 is 0 Å². The van der Waals surface area contributed by atoms with E-state index in [1.165, 1.54) is 81.9 Å². The van der Waals surface area contributed by atoms with E-state index in [9.17, 15) is 0 Å². The van der Waals surface area contributed by atoms with Crippen molar-refractivity contribution in [1.29, 1.82) is 0 Å². The Kier molecular flexibility index (Phi) is 6.82. The van der Waals surface area contributed by atoms with Gasteiger partial charge in [0.1, 0.15) is 11.0 Å². The largest absolute Gasteiger partial charge is 0.173 e. The van der Waals surface area contributed by atoms with Crippen LogP contribution in [0.4, 0.5) is 0 Å². The van der Waals surface area contributed by atoms with Gasteiger partial charge in [-0.2, -0.15) is 8.75 Å². The van der Waals surface area contributed by atoms with E-state index in [-0.39, 0.29) is 0 Å². The number of hydrogen-bond acceptors (Lipinski definition) is 3. The molecule has 3 heteroatoms. The molecule has 0 amide bonds. The zero-order valence-electron chi connectivity index (χ0n) is 19.2. The monoisotopic (exact) mass is 428 g/mol. The van der Waals surface area contributed by atoms with Gasteiger partial charge in [-0.1, -0.05) is 75.2 Å². The summed E-state index contributed by atoms with van der Waals surface area (Å²) in [5.41, 5.74) is 12.5. The molecular weight excluding hydrogens is 396 g/mol. The molecule has 0 saturated heterocycles. The summed E-state index contributed by atoms with van der Waals surface area (Å²) in [6.07, 6.45) is 7.23. The first-order valence-electron chi connectivity index (χ1n) is 11.6. The Morgan fingerprint density at radius 2 is 1.00 bits per heavy atom. The maximum Gasteiger partial charge on any atom is 0.108 e. The van der Waals surface area contributed by atoms with E-state index in [1.807, 2.05) is 0 Å². The highest BCUT2D eigenvalue weighted by molar-refractivity contribution is 7.00. The summed E-state index contributed by atoms with van der Waals surface area (Å²) in [6.45, 7) is 8.89. The van der Waals surface area contributed by atoms with Crippen LogP contribution in [-0.2, 0) is 12.8 Å². The lowest BCUT2D eigenvalue weighted by Crippen LogP contribution is -1.96. The zero-order chi connectivity index (χ0) is 21.8. The third kappa shape index (κ3) is 4.43. The average molecular weight is 429 g/mol. The molecule has 0 aliphatic rings. The minimum atomic E-state index is 1.04. The predicted molar refractivity (Wildman–Crippen MR) is 135 cm³/mol. The Morgan fingerprint density at radius 3 is 1.35 bits per heavy atom. The van der Waals surface area contributed by atoms with Crippen LogP contribution in [0.2, 0.25) is 0 Å². The third-order valence-corrected chi connectivity index (χ3v) is 6.85. The van der Waals surface area contributed by atoms with Gasteiger partial charge in [0.2, 0.25) is 0 Å². The van der Waals surface area contributed by atoms with Gasteiger partial charge in [-0.25, -0.2) is 0 Å². The molecule has 0 fully saturated rings. The molecule has 0 spiro atoms. The SMILES string of the molecule is CCCCc1ccc(-c2c(-c3ccc(CCCC)cc3)c(C)c3nsnc3c2C)cc1. The van der Waals surface area contributed by atoms with Crippen LogP contribution < -0.4 is 0 Å². The van der Waals surface area contributed by atoms with Crippen molar-refractivity contribution in [2.24, 2.45) is 0 Å². The number of unbranched alkanes of at least 4 members (excludes halogenated alkanes) is 2. The van der Waals surface area contributed by atoms with Crippen LogP contribution in [0.1, 0.15) is 61.8 Å². The standard InChI is InChI=1S/C28H32N2S/c1-5-7-9-21-11-15-23(16-12-21)25-19(3)27-28(30-31-29-27)20(4)26(25)24-17-13-22(14-18-24)10-8-6-2/h11-18H,5-10H2,1-4H3. The Balaban J connectivity index is 1.85. The average Bonchev–Trinajstić information content (AvgIpc) is 3.30. The Bertz CT molecular complexity index is 1060. The first-order chi connectivity index (χ1) is 15.1. The Morgan fingerprint density at radius 1 is 0.613 bits per heavy atom. The predicted octanol–water partition coefficient (Wildman–Crippen LogP) is 8.33. The highest BCUT2D eigenvalue weighted by atomic mass is 32.1. The topological polar surface area (TPSA) is 25.8 Å². The van der Waals surface area contributed by atoms with E-state index in [1.54, 1.807) is 0 Å². The van der Waals surface area contributed by atoms with Crippen molar-refractivity contribution in [3.63, 3.8) is 0 Å². The lowest BCUT2D eigenvalue weighted by atomic mass is 9.86. The van der Waals surface area contributed by atoms with Crippen LogP contribution in [-0.4, -0.2) is 8.75 Å². The Labute approximate surface area is 190 Å². The fraction of sp³-hybridized carbons (Fsp3) is 0.357. The normalized spacial score (nSPS) is 11.4. The summed E-state index contributed by atoms with van der Waals surface area (Å²) in [5.74, 6) is 0. The quantitative estimate of drug-likeness (QED) is 0.282. The maximum atomic E-state index is 4.64. The molecule has 4 rings (SSSR count). The van der Waals surface area contributed by atoms with Gasteiger partial charge in [0.25, 0.3) is 0 Å². The fourth-order valence-corrected chi connectivity index (χ4v) is 5.10. The van der Waals surface area contributed by atoms with Gasteiger partial charge in [-0.15, -0.1) is 0 Å². The third-order valence-electron chi connectivity index (χ3n) is 6.32. The summed E-state index contributed by atoms with van der Waals surface area (Å²) < 4.78 is 9.27. The van der Waals surface area contributed by atoms with Crippen molar-refractivity contribution in [2.45, 2.75) is 66.2 Å². The lowest BCUT2D eigenvalue weighted by molar-refractivity contribution is 0.795. The van der Waals surface area contributed by atoms with Crippen molar-refractivity contribution in [3.05, 3.63) is 70.8 Å². The number of hydrogen-bond donors (Lipinski definition) is 0. The van der Waals surface area contributed by atoms with E-state index < -0.39 is 0 Å². The fourth-order valence-electron chi connectivity index (χ4n) is 4.45. The van der Waals surface area contributed by atoms with Gasteiger partial charge < -0.3 is 0 Å². The summed E-state index contributed by atoms with van der Waals surface area (Å²) in [5, 5.41) is 0. The highest BCUT2D eigenvalue weighted by Gasteiger charge is 2.20. The molecular formula is C28H32N2S. The van der Waals surface area contributed by atoms with E-state index in [2.05, 4.69) is 85.0 Å². The van der Waals surface area contributed by atoms with E-state index in [0.29, 0.717) is 0 Å². The van der Waals surface area contributed by atoms with Gasteiger partial charge in [0.15, 0.2) is 0 Å². The number of rotatable bonds is 8. The highest BCUT2D eigenvalue weighted by Crippen LogP contribution is 2.42. The second kappa shape index (κ2) is 9.74. The molecule has 0 aliphatic heterocycles. The Hall–Kier alpha value is -2.52. The van der Waals surface area contributed by atoms with E-state index in [4.69, 9.17) is 0 Å². The molecule has 0 radical (unpaired) electrons. The molecule has 0 atom stereocenters. The van der Waals surface area contributed by atoms with Crippen molar-refractivity contribution in [1.82, 2.24) is 8.75 Å². The molecule has 160 valence electrons. The van der Waals surface area contributed by atoms with Crippen molar-refractivity contribution in [2.75, 3.05) is 0 Å². The smallest absolute Gasteiger partial charge is 0.108 e. The van der Waals surface area contributed by atoms with Crippen LogP contribution in [0, 0.1) is 13.8 Å². The van der Waals surface area contributed by atoms with Crippen molar-refractivity contribution in [3.8, 4) is 22.3 Å². The number of aryl methyl sites for hydroxylation is 4. The first kappa shape index (κ1) is 21.7. The molecule has 1 aromatic heterocycles. The minimum Gasteiger partial charge on any atom is -0.173 e. The molecule has 2 nitrogen and oxygen atoms in total. The molecule has 0 bridgehead atoms. The number of aromatic nitrogens is 2. The maximum absolute atomic E-state index is 4.64. The van der Waals surface area contributed by atoms with Gasteiger partial charge in [-0.3, -0.25) is 0 Å². The molecule has 3 aromatic carbocycles. The number of nitrogens with zero attached hydrogens (tertiary/aromatic N) is 2. The van der Waals surface area contributed by atoms with Crippen LogP contribution in [0.3, 0.4) is 0 Å². The second-order valence-corrected chi connectivity index (χ2v) is 9.09. The van der Waals surface area contributed by atoms with E-state index in [0.717, 1.165) is 23.9 Å². The molecule has 0 unspecified atom stereocenters. The van der Waals surface area contributed by atoms with Crippen LogP contribution in [0.25, 0.3) is 33.3 Å². The molecule has 0 aliphatic carbocycles.